The molecular weight excluding hydrogens is 412 g/mol. The first-order valence-corrected chi connectivity index (χ1v) is 10.3. The van der Waals surface area contributed by atoms with Crippen molar-refractivity contribution in [3.63, 3.8) is 0 Å². The van der Waals surface area contributed by atoms with Gasteiger partial charge in [0.2, 0.25) is 0 Å². The van der Waals surface area contributed by atoms with Crippen molar-refractivity contribution >= 4 is 34.5 Å². The third-order valence-corrected chi connectivity index (χ3v) is 4.92. The highest BCUT2D eigenvalue weighted by molar-refractivity contribution is 7.07. The van der Waals surface area contributed by atoms with Crippen molar-refractivity contribution in [1.29, 1.82) is 0 Å². The number of pyridine rings is 1. The number of hydrogen-bond acceptors (Lipinski definition) is 6. The van der Waals surface area contributed by atoms with Gasteiger partial charge in [-0.1, -0.05) is 12.1 Å². The van der Waals surface area contributed by atoms with Crippen molar-refractivity contribution in [2.45, 2.75) is 6.61 Å². The van der Waals surface area contributed by atoms with Crippen molar-refractivity contribution in [1.82, 2.24) is 9.97 Å². The van der Waals surface area contributed by atoms with Crippen LogP contribution in [-0.4, -0.2) is 21.8 Å². The number of rotatable bonds is 7. The first-order chi connectivity index (χ1) is 15.2. The Morgan fingerprint density at radius 1 is 0.871 bits per heavy atom. The van der Waals surface area contributed by atoms with Gasteiger partial charge in [-0.05, 0) is 48.5 Å². The third kappa shape index (κ3) is 5.52. The van der Waals surface area contributed by atoms with Crippen LogP contribution in [0.5, 0.6) is 5.75 Å². The van der Waals surface area contributed by atoms with Gasteiger partial charge in [-0.15, -0.1) is 11.3 Å². The van der Waals surface area contributed by atoms with Crippen LogP contribution in [0, 0.1) is 0 Å². The fourth-order valence-electron chi connectivity index (χ4n) is 2.77. The average molecular weight is 430 g/mol. The largest absolute Gasteiger partial charge is 0.487 e. The molecule has 0 aliphatic rings. The molecule has 154 valence electrons. The summed E-state index contributed by atoms with van der Waals surface area (Å²) in [6, 6.07) is 17.0. The van der Waals surface area contributed by atoms with E-state index in [0.717, 1.165) is 5.69 Å². The number of amides is 2. The Balaban J connectivity index is 1.41. The summed E-state index contributed by atoms with van der Waals surface area (Å²) in [5.41, 5.74) is 4.61. The first kappa shape index (κ1) is 20.2. The molecule has 0 aliphatic heterocycles. The maximum atomic E-state index is 12.7. The lowest BCUT2D eigenvalue weighted by molar-refractivity contribution is 0.101. The fourth-order valence-corrected chi connectivity index (χ4v) is 3.32. The predicted octanol–water partition coefficient (Wildman–Crippen LogP) is 4.62. The van der Waals surface area contributed by atoms with Crippen molar-refractivity contribution in [3.05, 3.63) is 101 Å². The van der Waals surface area contributed by atoms with E-state index in [-0.39, 0.29) is 11.8 Å². The molecule has 8 heteroatoms. The SMILES string of the molecule is O=C(Nc1ccncc1)c1cccc(NC(=O)c2cccc(OCc3cscn3)c2)c1. The summed E-state index contributed by atoms with van der Waals surface area (Å²) in [7, 11) is 0. The molecule has 0 atom stereocenters. The van der Waals surface area contributed by atoms with Gasteiger partial charge in [0.15, 0.2) is 0 Å². The standard InChI is InChI=1S/C23H18N4O3S/c28-22(26-18-7-9-24-10-8-18)16-3-1-5-19(11-16)27-23(29)17-4-2-6-21(12-17)30-13-20-14-31-15-25-20/h1-12,14-15H,13H2,(H,27,29)(H,24,26,28). The van der Waals surface area contributed by atoms with E-state index in [4.69, 9.17) is 4.74 Å². The van der Waals surface area contributed by atoms with Crippen molar-refractivity contribution < 1.29 is 14.3 Å². The number of nitrogens with zero attached hydrogens (tertiary/aromatic N) is 2. The molecule has 2 heterocycles. The summed E-state index contributed by atoms with van der Waals surface area (Å²) < 4.78 is 5.71. The van der Waals surface area contributed by atoms with Gasteiger partial charge in [0.1, 0.15) is 12.4 Å². The van der Waals surface area contributed by atoms with Crippen molar-refractivity contribution in [2.24, 2.45) is 0 Å². The molecule has 2 amide bonds. The normalized spacial score (nSPS) is 10.3. The molecule has 0 saturated heterocycles. The van der Waals surface area contributed by atoms with E-state index >= 15 is 0 Å². The zero-order valence-electron chi connectivity index (χ0n) is 16.3. The van der Waals surface area contributed by atoms with Crippen molar-refractivity contribution in [2.75, 3.05) is 10.6 Å². The molecule has 31 heavy (non-hydrogen) atoms. The maximum absolute atomic E-state index is 12.7. The van der Waals surface area contributed by atoms with Gasteiger partial charge < -0.3 is 15.4 Å². The number of benzene rings is 2. The molecule has 0 unspecified atom stereocenters. The highest BCUT2D eigenvalue weighted by Gasteiger charge is 2.11. The lowest BCUT2D eigenvalue weighted by Crippen LogP contribution is -2.14. The predicted molar refractivity (Wildman–Crippen MR) is 119 cm³/mol. The van der Waals surface area contributed by atoms with E-state index in [1.165, 1.54) is 11.3 Å². The minimum atomic E-state index is -0.300. The fraction of sp³-hybridized carbons (Fsp3) is 0.0435. The Morgan fingerprint density at radius 2 is 1.58 bits per heavy atom. The summed E-state index contributed by atoms with van der Waals surface area (Å²) in [6.45, 7) is 0.337. The maximum Gasteiger partial charge on any atom is 0.255 e. The Kier molecular flexibility index (Phi) is 6.29. The molecule has 0 saturated carbocycles. The number of carbonyl (C=O) groups excluding carboxylic acids is 2. The lowest BCUT2D eigenvalue weighted by Gasteiger charge is -2.10. The zero-order valence-corrected chi connectivity index (χ0v) is 17.1. The van der Waals surface area contributed by atoms with Crippen LogP contribution in [-0.2, 0) is 6.61 Å². The summed E-state index contributed by atoms with van der Waals surface area (Å²) >= 11 is 1.50. The van der Waals surface area contributed by atoms with Gasteiger partial charge in [0.05, 0.1) is 11.2 Å². The molecule has 4 rings (SSSR count). The van der Waals surface area contributed by atoms with E-state index in [1.807, 2.05) is 5.38 Å². The number of hydrogen-bond donors (Lipinski definition) is 2. The second-order valence-electron chi connectivity index (χ2n) is 6.52. The number of anilines is 2. The molecule has 0 spiro atoms. The van der Waals surface area contributed by atoms with Gasteiger partial charge >= 0.3 is 0 Å². The number of aromatic nitrogens is 2. The van der Waals surface area contributed by atoms with Gasteiger partial charge in [-0.2, -0.15) is 0 Å². The van der Waals surface area contributed by atoms with Gasteiger partial charge in [-0.25, -0.2) is 4.98 Å². The molecule has 4 aromatic rings. The molecular formula is C23H18N4O3S. The molecule has 0 fully saturated rings. The van der Waals surface area contributed by atoms with Crippen LogP contribution in [0.4, 0.5) is 11.4 Å². The number of thiazole rings is 1. The van der Waals surface area contributed by atoms with Crippen LogP contribution in [0.25, 0.3) is 0 Å². The quantitative estimate of drug-likeness (QED) is 0.446. The van der Waals surface area contributed by atoms with E-state index in [1.54, 1.807) is 78.6 Å². The molecule has 2 N–H and O–H groups in total. The molecule has 2 aromatic heterocycles. The smallest absolute Gasteiger partial charge is 0.255 e. The Morgan fingerprint density at radius 3 is 2.32 bits per heavy atom. The van der Waals surface area contributed by atoms with Gasteiger partial charge in [0, 0.05) is 40.3 Å². The van der Waals surface area contributed by atoms with E-state index in [9.17, 15) is 9.59 Å². The lowest BCUT2D eigenvalue weighted by atomic mass is 10.1. The van der Waals surface area contributed by atoms with E-state index < -0.39 is 0 Å². The average Bonchev–Trinajstić information content (AvgIpc) is 3.32. The second kappa shape index (κ2) is 9.64. The Labute approximate surface area is 182 Å². The van der Waals surface area contributed by atoms with Crippen LogP contribution in [0.1, 0.15) is 26.4 Å². The molecule has 2 aromatic carbocycles. The van der Waals surface area contributed by atoms with Gasteiger partial charge in [-0.3, -0.25) is 14.6 Å². The molecule has 0 aliphatic carbocycles. The molecule has 0 radical (unpaired) electrons. The third-order valence-electron chi connectivity index (χ3n) is 4.29. The molecule has 0 bridgehead atoms. The minimum absolute atomic E-state index is 0.278. The van der Waals surface area contributed by atoms with Crippen molar-refractivity contribution in [3.8, 4) is 5.75 Å². The highest BCUT2D eigenvalue weighted by atomic mass is 32.1. The van der Waals surface area contributed by atoms with Crippen LogP contribution in [0.2, 0.25) is 0 Å². The second-order valence-corrected chi connectivity index (χ2v) is 7.24. The first-order valence-electron chi connectivity index (χ1n) is 9.40. The summed E-state index contributed by atoms with van der Waals surface area (Å²) in [5.74, 6) is -0.00309. The highest BCUT2D eigenvalue weighted by Crippen LogP contribution is 2.18. The Bertz CT molecular complexity index is 1180. The van der Waals surface area contributed by atoms with E-state index in [2.05, 4.69) is 20.6 Å². The van der Waals surface area contributed by atoms with Crippen LogP contribution in [0.15, 0.2) is 83.9 Å². The minimum Gasteiger partial charge on any atom is -0.487 e. The summed E-state index contributed by atoms with van der Waals surface area (Å²) in [6.07, 6.45) is 3.20. The topological polar surface area (TPSA) is 93.2 Å². The van der Waals surface area contributed by atoms with Crippen LogP contribution in [0.3, 0.4) is 0 Å². The summed E-state index contributed by atoms with van der Waals surface area (Å²) in [4.78, 5) is 33.3. The van der Waals surface area contributed by atoms with Crippen LogP contribution < -0.4 is 15.4 Å². The molecule has 7 nitrogen and oxygen atoms in total. The summed E-state index contributed by atoms with van der Waals surface area (Å²) in [5, 5.41) is 7.52. The number of nitrogens with one attached hydrogen (secondary N) is 2. The number of carbonyl (C=O) groups is 2. The van der Waals surface area contributed by atoms with E-state index in [0.29, 0.717) is 34.9 Å². The van der Waals surface area contributed by atoms with Gasteiger partial charge in [0.25, 0.3) is 11.8 Å². The Hall–Kier alpha value is -4.04. The number of ether oxygens (including phenoxy) is 1. The monoisotopic (exact) mass is 430 g/mol. The van der Waals surface area contributed by atoms with Crippen LogP contribution >= 0.6 is 11.3 Å². The zero-order chi connectivity index (χ0) is 21.5.